The molecule has 1 aromatic carbocycles. The molecule has 0 atom stereocenters. The average molecular weight is 384 g/mol. The summed E-state index contributed by atoms with van der Waals surface area (Å²) >= 11 is 3.20. The van der Waals surface area contributed by atoms with E-state index in [0.29, 0.717) is 21.4 Å². The topological polar surface area (TPSA) is 39.9 Å². The molecule has 0 saturated carbocycles. The molecule has 118 valence electrons. The number of pyridine rings is 1. The van der Waals surface area contributed by atoms with Gasteiger partial charge < -0.3 is 4.74 Å². The van der Waals surface area contributed by atoms with Crippen LogP contribution in [0.15, 0.2) is 59.5 Å². The number of halogens is 4. The van der Waals surface area contributed by atoms with Crippen LogP contribution in [-0.2, 0) is 0 Å². The van der Waals surface area contributed by atoms with Gasteiger partial charge in [-0.25, -0.2) is 4.68 Å². The number of alkyl halides is 3. The first-order chi connectivity index (χ1) is 10.9. The molecule has 4 nitrogen and oxygen atoms in total. The zero-order valence-electron chi connectivity index (χ0n) is 11.5. The van der Waals surface area contributed by atoms with E-state index < -0.39 is 6.36 Å². The SMILES string of the molecule is FC(F)(F)Oc1cc(Br)cc(-c2ccnn2-c2cccnc2)c1. The van der Waals surface area contributed by atoms with Crippen LogP contribution in [0.1, 0.15) is 0 Å². The Kier molecular flexibility index (Phi) is 4.08. The summed E-state index contributed by atoms with van der Waals surface area (Å²) in [6, 6.07) is 9.50. The van der Waals surface area contributed by atoms with Gasteiger partial charge in [-0.05, 0) is 36.4 Å². The van der Waals surface area contributed by atoms with E-state index in [-0.39, 0.29) is 5.75 Å². The van der Waals surface area contributed by atoms with Crippen LogP contribution in [0.3, 0.4) is 0 Å². The molecule has 23 heavy (non-hydrogen) atoms. The molecule has 0 aliphatic carbocycles. The minimum absolute atomic E-state index is 0.305. The molecule has 3 rings (SSSR count). The highest BCUT2D eigenvalue weighted by Gasteiger charge is 2.31. The van der Waals surface area contributed by atoms with Crippen LogP contribution < -0.4 is 4.74 Å². The summed E-state index contributed by atoms with van der Waals surface area (Å²) in [6.45, 7) is 0. The zero-order chi connectivity index (χ0) is 16.4. The van der Waals surface area contributed by atoms with Crippen LogP contribution >= 0.6 is 15.9 Å². The Hall–Kier alpha value is -2.35. The maximum atomic E-state index is 12.4. The third-order valence-electron chi connectivity index (χ3n) is 2.93. The maximum Gasteiger partial charge on any atom is 0.573 e. The molecule has 0 N–H and O–H groups in total. The monoisotopic (exact) mass is 383 g/mol. The van der Waals surface area contributed by atoms with Crippen molar-refractivity contribution in [3.63, 3.8) is 0 Å². The Balaban J connectivity index is 2.05. The number of nitrogens with zero attached hydrogens (tertiary/aromatic N) is 3. The molecule has 0 fully saturated rings. The molecule has 8 heteroatoms. The van der Waals surface area contributed by atoms with Gasteiger partial charge in [-0.3, -0.25) is 4.98 Å². The van der Waals surface area contributed by atoms with Crippen LogP contribution in [-0.4, -0.2) is 21.1 Å². The number of benzene rings is 1. The zero-order valence-corrected chi connectivity index (χ0v) is 13.0. The van der Waals surface area contributed by atoms with Crippen LogP contribution in [0.25, 0.3) is 16.9 Å². The van der Waals surface area contributed by atoms with Crippen molar-refractivity contribution in [3.8, 4) is 22.7 Å². The molecule has 0 amide bonds. The van der Waals surface area contributed by atoms with Gasteiger partial charge >= 0.3 is 6.36 Å². The van der Waals surface area contributed by atoms with E-state index in [2.05, 4.69) is 30.7 Å². The second-order valence-corrected chi connectivity index (χ2v) is 5.48. The fourth-order valence-corrected chi connectivity index (χ4v) is 2.58. The van der Waals surface area contributed by atoms with Gasteiger partial charge in [0.25, 0.3) is 0 Å². The summed E-state index contributed by atoms with van der Waals surface area (Å²) in [5, 5.41) is 4.20. The summed E-state index contributed by atoms with van der Waals surface area (Å²) in [7, 11) is 0. The molecule has 2 heterocycles. The predicted molar refractivity (Wildman–Crippen MR) is 81.2 cm³/mol. The maximum absolute atomic E-state index is 12.4. The van der Waals surface area contributed by atoms with Crippen molar-refractivity contribution in [2.75, 3.05) is 0 Å². The minimum atomic E-state index is -4.75. The Morgan fingerprint density at radius 3 is 2.61 bits per heavy atom. The highest BCUT2D eigenvalue weighted by Crippen LogP contribution is 2.32. The number of rotatable bonds is 3. The van der Waals surface area contributed by atoms with Gasteiger partial charge in [-0.2, -0.15) is 5.10 Å². The van der Waals surface area contributed by atoms with Gasteiger partial charge in [0.15, 0.2) is 0 Å². The van der Waals surface area contributed by atoms with Crippen molar-refractivity contribution in [2.24, 2.45) is 0 Å². The lowest BCUT2D eigenvalue weighted by Crippen LogP contribution is -2.17. The van der Waals surface area contributed by atoms with Gasteiger partial charge in [0.2, 0.25) is 0 Å². The minimum Gasteiger partial charge on any atom is -0.406 e. The molecule has 0 radical (unpaired) electrons. The molecule has 0 bridgehead atoms. The predicted octanol–water partition coefficient (Wildman–Crippen LogP) is 4.60. The van der Waals surface area contributed by atoms with Crippen LogP contribution in [0, 0.1) is 0 Å². The smallest absolute Gasteiger partial charge is 0.406 e. The van der Waals surface area contributed by atoms with Crippen LogP contribution in [0.2, 0.25) is 0 Å². The van der Waals surface area contributed by atoms with Crippen molar-refractivity contribution in [1.29, 1.82) is 0 Å². The molecule has 0 unspecified atom stereocenters. The van der Waals surface area contributed by atoms with Crippen LogP contribution in [0.5, 0.6) is 5.75 Å². The summed E-state index contributed by atoms with van der Waals surface area (Å²) < 4.78 is 43.3. The Morgan fingerprint density at radius 2 is 1.91 bits per heavy atom. The van der Waals surface area contributed by atoms with Crippen LogP contribution in [0.4, 0.5) is 13.2 Å². The van der Waals surface area contributed by atoms with E-state index in [1.807, 2.05) is 0 Å². The lowest BCUT2D eigenvalue weighted by Gasteiger charge is -2.12. The summed E-state index contributed by atoms with van der Waals surface area (Å²) in [4.78, 5) is 4.02. The fraction of sp³-hybridized carbons (Fsp3) is 0.0667. The van der Waals surface area contributed by atoms with E-state index >= 15 is 0 Å². The van der Waals surface area contributed by atoms with E-state index in [1.165, 1.54) is 12.1 Å². The Bertz CT molecular complexity index is 818. The molecule has 0 aliphatic heterocycles. The van der Waals surface area contributed by atoms with Crippen molar-refractivity contribution in [2.45, 2.75) is 6.36 Å². The molecule has 0 spiro atoms. The second-order valence-electron chi connectivity index (χ2n) is 4.56. The van der Waals surface area contributed by atoms with E-state index in [0.717, 1.165) is 0 Å². The molecule has 3 aromatic rings. The first-order valence-electron chi connectivity index (χ1n) is 6.43. The fourth-order valence-electron chi connectivity index (χ4n) is 2.11. The molecular weight excluding hydrogens is 375 g/mol. The molecule has 0 aliphatic rings. The quantitative estimate of drug-likeness (QED) is 0.663. The molecule has 2 aromatic heterocycles. The Morgan fingerprint density at radius 1 is 1.09 bits per heavy atom. The highest BCUT2D eigenvalue weighted by molar-refractivity contribution is 9.10. The summed E-state index contributed by atoms with van der Waals surface area (Å²) in [5.41, 5.74) is 1.84. The molecular formula is C15H9BrF3N3O. The van der Waals surface area contributed by atoms with Gasteiger partial charge in [0.1, 0.15) is 5.75 Å². The normalized spacial score (nSPS) is 11.5. The summed E-state index contributed by atoms with van der Waals surface area (Å²) in [5.74, 6) is -0.305. The van der Waals surface area contributed by atoms with Gasteiger partial charge in [0, 0.05) is 16.2 Å². The number of hydrogen-bond acceptors (Lipinski definition) is 3. The van der Waals surface area contributed by atoms with Crippen molar-refractivity contribution < 1.29 is 17.9 Å². The number of aromatic nitrogens is 3. The third-order valence-corrected chi connectivity index (χ3v) is 3.39. The van der Waals surface area contributed by atoms with E-state index in [9.17, 15) is 13.2 Å². The van der Waals surface area contributed by atoms with Gasteiger partial charge in [0.05, 0.1) is 23.8 Å². The number of hydrogen-bond donors (Lipinski definition) is 0. The molecule has 0 saturated heterocycles. The number of ether oxygens (including phenoxy) is 1. The van der Waals surface area contributed by atoms with E-state index in [1.54, 1.807) is 47.5 Å². The first kappa shape index (κ1) is 15.5. The largest absolute Gasteiger partial charge is 0.573 e. The van der Waals surface area contributed by atoms with Crippen molar-refractivity contribution in [1.82, 2.24) is 14.8 Å². The summed E-state index contributed by atoms with van der Waals surface area (Å²) in [6.07, 6.45) is 0.0534. The second kappa shape index (κ2) is 6.04. The van der Waals surface area contributed by atoms with Crippen molar-refractivity contribution in [3.05, 3.63) is 59.5 Å². The van der Waals surface area contributed by atoms with Gasteiger partial charge in [-0.1, -0.05) is 15.9 Å². The van der Waals surface area contributed by atoms with E-state index in [4.69, 9.17) is 0 Å². The third kappa shape index (κ3) is 3.70. The average Bonchev–Trinajstić information content (AvgIpc) is 2.95. The lowest BCUT2D eigenvalue weighted by molar-refractivity contribution is -0.274. The lowest BCUT2D eigenvalue weighted by atomic mass is 10.1. The highest BCUT2D eigenvalue weighted by atomic mass is 79.9. The van der Waals surface area contributed by atoms with Gasteiger partial charge in [-0.15, -0.1) is 13.2 Å². The Labute approximate surface area is 137 Å². The standard InChI is InChI=1S/C15H9BrF3N3O/c16-11-6-10(7-13(8-11)23-15(17,18)19)14-3-5-21-22(14)12-2-1-4-20-9-12/h1-9H. The van der Waals surface area contributed by atoms with Crippen molar-refractivity contribution >= 4 is 15.9 Å². The first-order valence-corrected chi connectivity index (χ1v) is 7.23.